The van der Waals surface area contributed by atoms with Gasteiger partial charge in [0.25, 0.3) is 5.91 Å². The minimum absolute atomic E-state index is 0.0848. The van der Waals surface area contributed by atoms with Crippen molar-refractivity contribution >= 4 is 11.6 Å². The van der Waals surface area contributed by atoms with Crippen LogP contribution in [0.2, 0.25) is 0 Å². The monoisotopic (exact) mass is 264 g/mol. The highest BCUT2D eigenvalue weighted by molar-refractivity contribution is 5.96. The van der Waals surface area contributed by atoms with E-state index in [9.17, 15) is 4.79 Å². The summed E-state index contributed by atoms with van der Waals surface area (Å²) in [5, 5.41) is 0. The molecule has 1 atom stereocenters. The van der Waals surface area contributed by atoms with E-state index in [-0.39, 0.29) is 18.6 Å². The van der Waals surface area contributed by atoms with Crippen LogP contribution in [0.15, 0.2) is 18.2 Å². The second kappa shape index (κ2) is 5.07. The number of benzene rings is 1. The number of carbonyl (C=O) groups is 1. The smallest absolute Gasteiger partial charge is 0.253 e. The van der Waals surface area contributed by atoms with Gasteiger partial charge in [0.1, 0.15) is 19.8 Å². The summed E-state index contributed by atoms with van der Waals surface area (Å²) in [6.07, 6.45) is 0. The second-order valence-corrected chi connectivity index (χ2v) is 4.50. The van der Waals surface area contributed by atoms with Gasteiger partial charge in [-0.3, -0.25) is 4.79 Å². The summed E-state index contributed by atoms with van der Waals surface area (Å²) in [4.78, 5) is 13.7. The normalized spacial score (nSPS) is 22.5. The number of amides is 1. The Bertz CT molecular complexity index is 492. The van der Waals surface area contributed by atoms with Gasteiger partial charge in [-0.1, -0.05) is 0 Å². The Kier molecular flexibility index (Phi) is 3.27. The first kappa shape index (κ1) is 12.3. The van der Waals surface area contributed by atoms with Crippen molar-refractivity contribution < 1.29 is 19.0 Å². The second-order valence-electron chi connectivity index (χ2n) is 4.50. The number of rotatable bonds is 2. The van der Waals surface area contributed by atoms with Crippen LogP contribution < -0.4 is 20.1 Å². The van der Waals surface area contributed by atoms with E-state index < -0.39 is 0 Å². The first-order chi connectivity index (χ1) is 9.29. The molecule has 6 nitrogen and oxygen atoms in total. The number of carbonyl (C=O) groups excluding carboxylic acids is 1. The van der Waals surface area contributed by atoms with Crippen LogP contribution in [-0.2, 0) is 9.53 Å². The summed E-state index contributed by atoms with van der Waals surface area (Å²) >= 11 is 0. The molecule has 102 valence electrons. The van der Waals surface area contributed by atoms with Gasteiger partial charge in [0.2, 0.25) is 0 Å². The van der Waals surface area contributed by atoms with Gasteiger partial charge in [0, 0.05) is 18.3 Å². The molecular formula is C13H16N2O4. The molecule has 0 bridgehead atoms. The van der Waals surface area contributed by atoms with Crippen LogP contribution in [0.1, 0.15) is 0 Å². The average Bonchev–Trinajstić information content (AvgIpc) is 2.46. The molecule has 2 aliphatic heterocycles. The van der Waals surface area contributed by atoms with Crippen molar-refractivity contribution in [2.45, 2.75) is 6.04 Å². The summed E-state index contributed by atoms with van der Waals surface area (Å²) < 4.78 is 16.2. The summed E-state index contributed by atoms with van der Waals surface area (Å²) in [5.74, 6) is 1.29. The zero-order chi connectivity index (χ0) is 13.2. The maximum absolute atomic E-state index is 12.0. The molecule has 0 saturated carbocycles. The molecule has 1 aromatic rings. The van der Waals surface area contributed by atoms with Crippen molar-refractivity contribution in [3.63, 3.8) is 0 Å². The Labute approximate surface area is 111 Å². The van der Waals surface area contributed by atoms with E-state index in [0.29, 0.717) is 37.9 Å². The molecule has 1 saturated heterocycles. The van der Waals surface area contributed by atoms with Gasteiger partial charge in [-0.15, -0.1) is 0 Å². The zero-order valence-corrected chi connectivity index (χ0v) is 10.5. The summed E-state index contributed by atoms with van der Waals surface area (Å²) in [7, 11) is 0. The lowest BCUT2D eigenvalue weighted by Crippen LogP contribution is -2.53. The zero-order valence-electron chi connectivity index (χ0n) is 10.5. The molecule has 1 aromatic carbocycles. The number of nitrogens with two attached hydrogens (primary N) is 1. The Morgan fingerprint density at radius 2 is 2.05 bits per heavy atom. The number of fused-ring (bicyclic) bond motifs is 1. The highest BCUT2D eigenvalue weighted by Gasteiger charge is 2.30. The Hall–Kier alpha value is -1.79. The lowest BCUT2D eigenvalue weighted by molar-refractivity contribution is -0.127. The van der Waals surface area contributed by atoms with Gasteiger partial charge >= 0.3 is 0 Å². The summed E-state index contributed by atoms with van der Waals surface area (Å²) in [6, 6.07) is 5.35. The number of morpholine rings is 1. The molecule has 0 spiro atoms. The third-order valence-corrected chi connectivity index (χ3v) is 3.25. The Morgan fingerprint density at radius 3 is 2.84 bits per heavy atom. The largest absolute Gasteiger partial charge is 0.486 e. The van der Waals surface area contributed by atoms with E-state index in [1.54, 1.807) is 4.90 Å². The van der Waals surface area contributed by atoms with Crippen molar-refractivity contribution in [2.24, 2.45) is 5.73 Å². The maximum Gasteiger partial charge on any atom is 0.253 e. The van der Waals surface area contributed by atoms with E-state index in [1.165, 1.54) is 0 Å². The highest BCUT2D eigenvalue weighted by atomic mass is 16.6. The van der Waals surface area contributed by atoms with Gasteiger partial charge in [-0.25, -0.2) is 0 Å². The molecule has 19 heavy (non-hydrogen) atoms. The Balaban J connectivity index is 1.93. The van der Waals surface area contributed by atoms with Gasteiger partial charge in [-0.05, 0) is 12.1 Å². The molecular weight excluding hydrogens is 248 g/mol. The van der Waals surface area contributed by atoms with E-state index >= 15 is 0 Å². The highest BCUT2D eigenvalue weighted by Crippen LogP contribution is 2.35. The van der Waals surface area contributed by atoms with Crippen LogP contribution in [0.4, 0.5) is 5.69 Å². The van der Waals surface area contributed by atoms with Crippen LogP contribution >= 0.6 is 0 Å². The molecule has 2 heterocycles. The van der Waals surface area contributed by atoms with Crippen molar-refractivity contribution in [3.8, 4) is 11.5 Å². The van der Waals surface area contributed by atoms with Crippen molar-refractivity contribution in [1.82, 2.24) is 0 Å². The SMILES string of the molecule is NCC1COCC(=O)N1c1ccc2c(c1)OCCO2. The standard InChI is InChI=1S/C13H16N2O4/c14-6-10-7-17-8-13(16)15(10)9-1-2-11-12(5-9)19-4-3-18-11/h1-2,5,10H,3-4,6-8,14H2. The van der Waals surface area contributed by atoms with Gasteiger partial charge < -0.3 is 24.8 Å². The number of hydrogen-bond acceptors (Lipinski definition) is 5. The van der Waals surface area contributed by atoms with E-state index in [0.717, 1.165) is 5.69 Å². The minimum Gasteiger partial charge on any atom is -0.486 e. The minimum atomic E-state index is -0.135. The molecule has 1 amide bonds. The van der Waals surface area contributed by atoms with Gasteiger partial charge in [-0.2, -0.15) is 0 Å². The first-order valence-corrected chi connectivity index (χ1v) is 6.29. The quantitative estimate of drug-likeness (QED) is 0.823. The van der Waals surface area contributed by atoms with Crippen LogP contribution in [0, 0.1) is 0 Å². The predicted molar refractivity (Wildman–Crippen MR) is 68.6 cm³/mol. The third kappa shape index (κ3) is 2.24. The van der Waals surface area contributed by atoms with Crippen molar-refractivity contribution in [1.29, 1.82) is 0 Å². The predicted octanol–water partition coefficient (Wildman–Crippen LogP) is 0.148. The van der Waals surface area contributed by atoms with Crippen molar-refractivity contribution in [2.75, 3.05) is 37.9 Å². The van der Waals surface area contributed by atoms with Gasteiger partial charge in [0.15, 0.2) is 11.5 Å². The molecule has 2 N–H and O–H groups in total. The first-order valence-electron chi connectivity index (χ1n) is 6.29. The lowest BCUT2D eigenvalue weighted by Gasteiger charge is -2.35. The fourth-order valence-electron chi connectivity index (χ4n) is 2.34. The molecule has 1 unspecified atom stereocenters. The van der Waals surface area contributed by atoms with Crippen LogP contribution in [0.3, 0.4) is 0 Å². The molecule has 0 aromatic heterocycles. The van der Waals surface area contributed by atoms with Gasteiger partial charge in [0.05, 0.1) is 12.6 Å². The molecule has 1 fully saturated rings. The number of ether oxygens (including phenoxy) is 3. The van der Waals surface area contributed by atoms with E-state index in [4.69, 9.17) is 19.9 Å². The summed E-state index contributed by atoms with van der Waals surface area (Å²) in [6.45, 7) is 1.98. The fourth-order valence-corrected chi connectivity index (χ4v) is 2.34. The number of hydrogen-bond donors (Lipinski definition) is 1. The average molecular weight is 264 g/mol. The molecule has 3 rings (SSSR count). The molecule has 0 radical (unpaired) electrons. The molecule has 0 aliphatic carbocycles. The van der Waals surface area contributed by atoms with Crippen molar-refractivity contribution in [3.05, 3.63) is 18.2 Å². The topological polar surface area (TPSA) is 74.0 Å². The Morgan fingerprint density at radius 1 is 1.26 bits per heavy atom. The summed E-state index contributed by atoms with van der Waals surface area (Å²) in [5.41, 5.74) is 6.47. The molecule has 2 aliphatic rings. The van der Waals surface area contributed by atoms with E-state index in [2.05, 4.69) is 0 Å². The number of anilines is 1. The van der Waals surface area contributed by atoms with Crippen LogP contribution in [-0.4, -0.2) is 44.9 Å². The number of nitrogens with zero attached hydrogens (tertiary/aromatic N) is 1. The van der Waals surface area contributed by atoms with Crippen LogP contribution in [0.5, 0.6) is 11.5 Å². The fraction of sp³-hybridized carbons (Fsp3) is 0.462. The van der Waals surface area contributed by atoms with E-state index in [1.807, 2.05) is 18.2 Å². The van der Waals surface area contributed by atoms with Crippen LogP contribution in [0.25, 0.3) is 0 Å². The maximum atomic E-state index is 12.0. The lowest BCUT2D eigenvalue weighted by atomic mass is 10.1. The molecule has 6 heteroatoms. The third-order valence-electron chi connectivity index (χ3n) is 3.25.